The van der Waals surface area contributed by atoms with Gasteiger partial charge in [0, 0.05) is 25.7 Å². The minimum Gasteiger partial charge on any atom is -0.462 e. The molecule has 0 bridgehead atoms. The molecule has 0 heterocycles. The molecule has 3 unspecified atom stereocenters. The highest BCUT2D eigenvalue weighted by molar-refractivity contribution is 7.47. The number of esters is 4. The van der Waals surface area contributed by atoms with Crippen LogP contribution >= 0.6 is 15.6 Å². The molecule has 0 aromatic carbocycles. The van der Waals surface area contributed by atoms with Gasteiger partial charge in [-0.05, 0) is 88.9 Å². The lowest BCUT2D eigenvalue weighted by atomic mass is 10.0. The van der Waals surface area contributed by atoms with Gasteiger partial charge in [-0.2, -0.15) is 0 Å². The van der Waals surface area contributed by atoms with Crippen molar-refractivity contribution in [3.8, 4) is 0 Å². The number of carbonyl (C=O) groups excluding carboxylic acids is 4. The van der Waals surface area contributed by atoms with Gasteiger partial charge in [-0.25, -0.2) is 9.13 Å². The van der Waals surface area contributed by atoms with Gasteiger partial charge >= 0.3 is 39.5 Å². The second-order valence-corrected chi connectivity index (χ2v) is 31.3. The van der Waals surface area contributed by atoms with E-state index < -0.39 is 97.5 Å². The molecule has 0 aromatic heterocycles. The van der Waals surface area contributed by atoms with E-state index in [0.29, 0.717) is 31.6 Å². The normalized spacial score (nSPS) is 14.3. The smallest absolute Gasteiger partial charge is 0.462 e. The van der Waals surface area contributed by atoms with Crippen molar-refractivity contribution >= 4 is 39.5 Å². The van der Waals surface area contributed by atoms with Crippen molar-refractivity contribution in [2.24, 2.45) is 11.8 Å². The highest BCUT2D eigenvalue weighted by atomic mass is 31.2. The molecule has 17 nitrogen and oxygen atoms in total. The van der Waals surface area contributed by atoms with E-state index in [4.69, 9.17) is 37.0 Å². The Morgan fingerprint density at radius 3 is 0.818 bits per heavy atom. The molecule has 0 spiro atoms. The molecule has 0 aliphatic heterocycles. The molecule has 0 aromatic rings. The van der Waals surface area contributed by atoms with Crippen LogP contribution in [0.25, 0.3) is 0 Å². The highest BCUT2D eigenvalue weighted by Gasteiger charge is 2.30. The SMILES string of the molecule is CCCCCC/C=C\C=C/CCCCCCCC(=O)OC[C@H](COP(=O)(O)OCC(O)COP(=O)(O)OC[C@@H](COC(=O)CCCCCCCCCC(C)C)OC(=O)CCCCCCCCCCCCCCCCCCC(C)C)OC(=O)CCCCCCC/C=C\C=C/CCCCCC. The summed E-state index contributed by atoms with van der Waals surface area (Å²) in [5.41, 5.74) is 0. The van der Waals surface area contributed by atoms with Gasteiger partial charge in [-0.3, -0.25) is 37.3 Å². The van der Waals surface area contributed by atoms with E-state index in [1.54, 1.807) is 0 Å². The fourth-order valence-electron chi connectivity index (χ4n) is 11.3. The monoisotopic (exact) mass is 1440 g/mol. The fourth-order valence-corrected chi connectivity index (χ4v) is 12.9. The Kier molecular flexibility index (Phi) is 68.5. The van der Waals surface area contributed by atoms with Crippen LogP contribution < -0.4 is 0 Å². The number of hydrogen-bond donors (Lipinski definition) is 3. The first-order chi connectivity index (χ1) is 47.9. The average molecular weight is 1440 g/mol. The van der Waals surface area contributed by atoms with E-state index in [2.05, 4.69) is 90.2 Å². The number of unbranched alkanes of at least 4 members (excludes halogenated alkanes) is 39. The maximum Gasteiger partial charge on any atom is 0.472 e. The summed E-state index contributed by atoms with van der Waals surface area (Å²) in [4.78, 5) is 72.9. The first-order valence-corrected chi connectivity index (χ1v) is 43.1. The van der Waals surface area contributed by atoms with Crippen LogP contribution in [0.3, 0.4) is 0 Å². The molecule has 19 heteroatoms. The first kappa shape index (κ1) is 96.0. The second-order valence-electron chi connectivity index (χ2n) is 28.4. The summed E-state index contributed by atoms with van der Waals surface area (Å²) in [7, 11) is -9.94. The number of phosphoric ester groups is 2. The standard InChI is InChI=1S/C80H148O17P2/c1-7-9-11-13-15-17-19-21-25-30-34-38-44-50-56-62-77(82)90-68-75(96-79(84)64-58-52-45-39-35-31-26-22-20-18-16-14-12-10-8-2)70-94-98(86,87)92-66-74(81)67-93-99(88,89)95-71-76(69-91-78(83)63-57-51-47-41-43-49-55-61-73(5)6)97-80(85)65-59-53-46-40-36-32-28-24-23-27-29-33-37-42-48-54-60-72(3)4/h17-22,25-26,72-76,81H,7-16,23-24,27-71H2,1-6H3,(H,86,87)(H,88,89)/b19-17-,20-18-,25-21-,26-22-/t74?,75-,76-/m1/s1. The van der Waals surface area contributed by atoms with E-state index in [1.807, 2.05) is 0 Å². The molecule has 0 rings (SSSR count). The molecule has 0 fully saturated rings. The Balaban J connectivity index is 5.29. The van der Waals surface area contributed by atoms with E-state index in [1.165, 1.54) is 148 Å². The number of allylic oxidation sites excluding steroid dienone is 8. The molecular weight excluding hydrogens is 1290 g/mol. The largest absolute Gasteiger partial charge is 0.472 e. The van der Waals surface area contributed by atoms with Crippen LogP contribution in [0, 0.1) is 11.8 Å². The molecule has 0 aliphatic rings. The Hall–Kier alpha value is -2.98. The lowest BCUT2D eigenvalue weighted by molar-refractivity contribution is -0.161. The van der Waals surface area contributed by atoms with Crippen LogP contribution in [0.4, 0.5) is 0 Å². The van der Waals surface area contributed by atoms with Crippen LogP contribution in [0.1, 0.15) is 369 Å². The number of rotatable bonds is 75. The highest BCUT2D eigenvalue weighted by Crippen LogP contribution is 2.45. The van der Waals surface area contributed by atoms with Crippen LogP contribution in [0.5, 0.6) is 0 Å². The molecule has 99 heavy (non-hydrogen) atoms. The third-order valence-electron chi connectivity index (χ3n) is 17.5. The summed E-state index contributed by atoms with van der Waals surface area (Å²) >= 11 is 0. The van der Waals surface area contributed by atoms with Crippen molar-refractivity contribution in [3.63, 3.8) is 0 Å². The first-order valence-electron chi connectivity index (χ1n) is 40.1. The number of phosphoric acid groups is 2. The predicted octanol–water partition coefficient (Wildman–Crippen LogP) is 23.0. The summed E-state index contributed by atoms with van der Waals surface area (Å²) in [6.45, 7) is 9.46. The molecule has 0 amide bonds. The Labute approximate surface area is 604 Å². The number of carbonyl (C=O) groups is 4. The minimum absolute atomic E-state index is 0.0781. The van der Waals surface area contributed by atoms with Crippen molar-refractivity contribution in [2.75, 3.05) is 39.6 Å². The lowest BCUT2D eigenvalue weighted by Crippen LogP contribution is -2.30. The van der Waals surface area contributed by atoms with Crippen LogP contribution in [0.2, 0.25) is 0 Å². The van der Waals surface area contributed by atoms with Crippen LogP contribution in [0.15, 0.2) is 48.6 Å². The van der Waals surface area contributed by atoms with Gasteiger partial charge in [0.15, 0.2) is 12.2 Å². The van der Waals surface area contributed by atoms with Gasteiger partial charge in [0.25, 0.3) is 0 Å². The molecule has 0 radical (unpaired) electrons. The predicted molar refractivity (Wildman–Crippen MR) is 404 cm³/mol. The topological polar surface area (TPSA) is 237 Å². The van der Waals surface area contributed by atoms with Gasteiger partial charge in [-0.1, -0.05) is 315 Å². The molecule has 0 saturated heterocycles. The average Bonchev–Trinajstić information content (AvgIpc) is 0.970. The molecule has 0 aliphatic carbocycles. The third-order valence-corrected chi connectivity index (χ3v) is 19.4. The van der Waals surface area contributed by atoms with Crippen LogP contribution in [-0.4, -0.2) is 96.7 Å². The number of aliphatic hydroxyl groups excluding tert-OH is 1. The second kappa shape index (κ2) is 70.7. The molecule has 3 N–H and O–H groups in total. The number of ether oxygens (including phenoxy) is 4. The zero-order chi connectivity index (χ0) is 72.8. The van der Waals surface area contributed by atoms with Crippen molar-refractivity contribution in [1.29, 1.82) is 0 Å². The van der Waals surface area contributed by atoms with Gasteiger partial charge in [-0.15, -0.1) is 0 Å². The summed E-state index contributed by atoms with van der Waals surface area (Å²) in [5, 5.41) is 10.6. The van der Waals surface area contributed by atoms with E-state index in [-0.39, 0.29) is 25.7 Å². The van der Waals surface area contributed by atoms with E-state index in [9.17, 15) is 43.2 Å². The minimum atomic E-state index is -4.97. The molecule has 0 saturated carbocycles. The number of hydrogen-bond acceptors (Lipinski definition) is 15. The fraction of sp³-hybridized carbons (Fsp3) is 0.850. The zero-order valence-electron chi connectivity index (χ0n) is 63.8. The summed E-state index contributed by atoms with van der Waals surface area (Å²) in [6.07, 6.45) is 65.5. The zero-order valence-corrected chi connectivity index (χ0v) is 65.6. The maximum atomic E-state index is 13.1. The Morgan fingerprint density at radius 1 is 0.313 bits per heavy atom. The summed E-state index contributed by atoms with van der Waals surface area (Å²) in [5.74, 6) is -0.664. The van der Waals surface area contributed by atoms with Crippen LogP contribution in [-0.2, 0) is 65.4 Å². The molecule has 580 valence electrons. The molecule has 5 atom stereocenters. The van der Waals surface area contributed by atoms with Crippen molar-refractivity contribution < 1.29 is 80.2 Å². The van der Waals surface area contributed by atoms with Crippen molar-refractivity contribution in [3.05, 3.63) is 48.6 Å². The maximum absolute atomic E-state index is 13.1. The van der Waals surface area contributed by atoms with E-state index in [0.717, 1.165) is 134 Å². The van der Waals surface area contributed by atoms with Gasteiger partial charge < -0.3 is 33.8 Å². The third kappa shape index (κ3) is 73.1. The summed E-state index contributed by atoms with van der Waals surface area (Å²) < 4.78 is 68.6. The van der Waals surface area contributed by atoms with Crippen molar-refractivity contribution in [1.82, 2.24) is 0 Å². The Morgan fingerprint density at radius 2 is 0.545 bits per heavy atom. The van der Waals surface area contributed by atoms with Crippen molar-refractivity contribution in [2.45, 2.75) is 387 Å². The van der Waals surface area contributed by atoms with E-state index >= 15 is 0 Å². The van der Waals surface area contributed by atoms with Gasteiger partial charge in [0.2, 0.25) is 0 Å². The molecular formula is C80H148O17P2. The quantitative estimate of drug-likeness (QED) is 0.0169. The van der Waals surface area contributed by atoms with Gasteiger partial charge in [0.05, 0.1) is 26.4 Å². The number of aliphatic hydroxyl groups is 1. The van der Waals surface area contributed by atoms with Gasteiger partial charge in [0.1, 0.15) is 19.3 Å². The lowest BCUT2D eigenvalue weighted by Gasteiger charge is -2.21. The Bertz CT molecular complexity index is 2100. The summed E-state index contributed by atoms with van der Waals surface area (Å²) in [6, 6.07) is 0.